The minimum atomic E-state index is -0.420. The van der Waals surface area contributed by atoms with E-state index in [0.29, 0.717) is 17.8 Å². The molecule has 1 N–H and O–H groups in total. The van der Waals surface area contributed by atoms with E-state index < -0.39 is 4.92 Å². The van der Waals surface area contributed by atoms with Crippen LogP contribution in [0.1, 0.15) is 30.0 Å². The van der Waals surface area contributed by atoms with Crippen molar-refractivity contribution in [3.8, 4) is 6.07 Å². The van der Waals surface area contributed by atoms with Gasteiger partial charge in [-0.15, -0.1) is 0 Å². The van der Waals surface area contributed by atoms with Crippen molar-refractivity contribution in [2.24, 2.45) is 0 Å². The summed E-state index contributed by atoms with van der Waals surface area (Å²) in [5.74, 6) is 0. The van der Waals surface area contributed by atoms with Gasteiger partial charge in [-0.1, -0.05) is 30.3 Å². The Labute approximate surface area is 146 Å². The Balaban J connectivity index is 1.84. The Hall–Kier alpha value is -2.91. The van der Waals surface area contributed by atoms with Crippen molar-refractivity contribution in [1.82, 2.24) is 4.90 Å². The first-order valence-electron chi connectivity index (χ1n) is 8.40. The van der Waals surface area contributed by atoms with Gasteiger partial charge in [0.2, 0.25) is 0 Å². The number of benzene rings is 2. The maximum absolute atomic E-state index is 11.3. The van der Waals surface area contributed by atoms with E-state index in [-0.39, 0.29) is 11.7 Å². The van der Waals surface area contributed by atoms with Crippen LogP contribution in [0.15, 0.2) is 48.5 Å². The summed E-state index contributed by atoms with van der Waals surface area (Å²) in [6.45, 7) is 2.61. The molecule has 0 amide bonds. The van der Waals surface area contributed by atoms with Crippen molar-refractivity contribution in [3.05, 3.63) is 69.8 Å². The lowest BCUT2D eigenvalue weighted by atomic mass is 10.1. The number of anilines is 1. The summed E-state index contributed by atoms with van der Waals surface area (Å²) in [5.41, 5.74) is 1.98. The minimum absolute atomic E-state index is 0.00719. The lowest BCUT2D eigenvalue weighted by molar-refractivity contribution is -0.384. The van der Waals surface area contributed by atoms with E-state index in [1.165, 1.54) is 30.5 Å². The Morgan fingerprint density at radius 2 is 1.92 bits per heavy atom. The molecule has 1 atom stereocenters. The highest BCUT2D eigenvalue weighted by Crippen LogP contribution is 2.29. The van der Waals surface area contributed by atoms with Gasteiger partial charge < -0.3 is 5.32 Å². The van der Waals surface area contributed by atoms with Crippen LogP contribution in [-0.4, -0.2) is 29.5 Å². The van der Waals surface area contributed by atoms with E-state index in [0.717, 1.165) is 13.1 Å². The Bertz CT molecular complexity index is 780. The molecule has 25 heavy (non-hydrogen) atoms. The van der Waals surface area contributed by atoms with Crippen LogP contribution in [0.3, 0.4) is 0 Å². The number of nitrogens with zero attached hydrogens (tertiary/aromatic N) is 3. The maximum atomic E-state index is 11.3. The van der Waals surface area contributed by atoms with Gasteiger partial charge in [0.25, 0.3) is 5.69 Å². The molecule has 128 valence electrons. The molecule has 1 unspecified atom stereocenters. The first kappa shape index (κ1) is 16.9. The molecule has 1 saturated heterocycles. The van der Waals surface area contributed by atoms with Gasteiger partial charge in [-0.2, -0.15) is 5.26 Å². The Kier molecular flexibility index (Phi) is 5.26. The van der Waals surface area contributed by atoms with Gasteiger partial charge in [0.1, 0.15) is 5.69 Å². The number of nitro benzene ring substituents is 1. The van der Waals surface area contributed by atoms with Crippen molar-refractivity contribution in [2.75, 3.05) is 25.0 Å². The van der Waals surface area contributed by atoms with Gasteiger partial charge >= 0.3 is 0 Å². The van der Waals surface area contributed by atoms with Crippen LogP contribution in [0.4, 0.5) is 11.4 Å². The summed E-state index contributed by atoms with van der Waals surface area (Å²) in [4.78, 5) is 13.2. The fourth-order valence-electron chi connectivity index (χ4n) is 3.30. The van der Waals surface area contributed by atoms with Gasteiger partial charge in [-0.05, 0) is 43.6 Å². The fourth-order valence-corrected chi connectivity index (χ4v) is 3.30. The summed E-state index contributed by atoms with van der Waals surface area (Å²) < 4.78 is 0. The van der Waals surface area contributed by atoms with Crippen LogP contribution in [0.5, 0.6) is 0 Å². The van der Waals surface area contributed by atoms with Crippen LogP contribution in [0.25, 0.3) is 0 Å². The predicted molar refractivity (Wildman–Crippen MR) is 96.3 cm³/mol. The molecule has 0 radical (unpaired) electrons. The van der Waals surface area contributed by atoms with Gasteiger partial charge in [0.05, 0.1) is 22.6 Å². The van der Waals surface area contributed by atoms with E-state index in [1.54, 1.807) is 6.07 Å². The molecular formula is C19H20N4O2. The smallest absolute Gasteiger partial charge is 0.292 e. The molecule has 3 rings (SSSR count). The molecule has 0 aromatic heterocycles. The number of hydrogen-bond donors (Lipinski definition) is 1. The average molecular weight is 336 g/mol. The number of nitriles is 1. The molecule has 2 aromatic carbocycles. The second kappa shape index (κ2) is 7.77. The SMILES string of the molecule is N#Cc1ccc([N+](=O)[O-])c(NCC(c2ccccc2)N2CCCC2)c1. The molecule has 6 heteroatoms. The first-order chi connectivity index (χ1) is 12.2. The van der Waals surface area contributed by atoms with Crippen LogP contribution < -0.4 is 5.32 Å². The third-order valence-corrected chi connectivity index (χ3v) is 4.57. The molecule has 1 fully saturated rings. The highest BCUT2D eigenvalue weighted by molar-refractivity contribution is 5.64. The topological polar surface area (TPSA) is 82.2 Å². The first-order valence-corrected chi connectivity index (χ1v) is 8.40. The number of nitrogens with one attached hydrogen (secondary N) is 1. The normalized spacial score (nSPS) is 15.5. The summed E-state index contributed by atoms with van der Waals surface area (Å²) in [5, 5.41) is 23.5. The van der Waals surface area contributed by atoms with Crippen molar-refractivity contribution < 1.29 is 4.92 Å². The zero-order valence-electron chi connectivity index (χ0n) is 13.9. The number of likely N-dealkylation sites (tertiary alicyclic amines) is 1. The van der Waals surface area contributed by atoms with Gasteiger partial charge in [0, 0.05) is 12.6 Å². The lowest BCUT2D eigenvalue weighted by Crippen LogP contribution is -2.31. The van der Waals surface area contributed by atoms with Crippen molar-refractivity contribution in [3.63, 3.8) is 0 Å². The van der Waals surface area contributed by atoms with E-state index in [1.807, 2.05) is 24.3 Å². The van der Waals surface area contributed by atoms with E-state index in [9.17, 15) is 10.1 Å². The largest absolute Gasteiger partial charge is 0.378 e. The third-order valence-electron chi connectivity index (χ3n) is 4.57. The summed E-state index contributed by atoms with van der Waals surface area (Å²) in [7, 11) is 0. The van der Waals surface area contributed by atoms with Gasteiger partial charge in [0.15, 0.2) is 0 Å². The van der Waals surface area contributed by atoms with Crippen molar-refractivity contribution in [2.45, 2.75) is 18.9 Å². The number of nitro groups is 1. The predicted octanol–water partition coefficient (Wildman–Crippen LogP) is 3.72. The molecule has 1 aliphatic rings. The van der Waals surface area contributed by atoms with Crippen LogP contribution in [0, 0.1) is 21.4 Å². The second-order valence-corrected chi connectivity index (χ2v) is 6.15. The number of rotatable bonds is 6. The molecule has 0 aliphatic carbocycles. The summed E-state index contributed by atoms with van der Waals surface area (Å²) >= 11 is 0. The maximum Gasteiger partial charge on any atom is 0.292 e. The molecule has 0 saturated carbocycles. The monoisotopic (exact) mass is 336 g/mol. The Morgan fingerprint density at radius 3 is 2.56 bits per heavy atom. The molecule has 0 spiro atoms. The molecule has 2 aromatic rings. The quantitative estimate of drug-likeness (QED) is 0.642. The van der Waals surface area contributed by atoms with Crippen LogP contribution in [-0.2, 0) is 0 Å². The van der Waals surface area contributed by atoms with E-state index in [4.69, 9.17) is 5.26 Å². The molecular weight excluding hydrogens is 316 g/mol. The third kappa shape index (κ3) is 3.95. The minimum Gasteiger partial charge on any atom is -0.378 e. The lowest BCUT2D eigenvalue weighted by Gasteiger charge is -2.28. The molecule has 6 nitrogen and oxygen atoms in total. The van der Waals surface area contributed by atoms with Crippen LogP contribution >= 0.6 is 0 Å². The highest BCUT2D eigenvalue weighted by Gasteiger charge is 2.24. The summed E-state index contributed by atoms with van der Waals surface area (Å²) in [6, 6.07) is 16.8. The Morgan fingerprint density at radius 1 is 1.20 bits per heavy atom. The van der Waals surface area contributed by atoms with Crippen LogP contribution in [0.2, 0.25) is 0 Å². The van der Waals surface area contributed by atoms with E-state index in [2.05, 4.69) is 22.3 Å². The van der Waals surface area contributed by atoms with Crippen molar-refractivity contribution in [1.29, 1.82) is 5.26 Å². The van der Waals surface area contributed by atoms with Crippen molar-refractivity contribution >= 4 is 11.4 Å². The molecule has 0 bridgehead atoms. The second-order valence-electron chi connectivity index (χ2n) is 6.15. The summed E-state index contributed by atoms with van der Waals surface area (Å²) in [6.07, 6.45) is 2.35. The standard InChI is InChI=1S/C19H20N4O2/c20-13-15-8-9-18(23(24)25)17(12-15)21-14-19(22-10-4-5-11-22)16-6-2-1-3-7-16/h1-3,6-9,12,19,21H,4-5,10-11,14H2. The average Bonchev–Trinajstić information content (AvgIpc) is 3.17. The fraction of sp³-hybridized carbons (Fsp3) is 0.316. The zero-order chi connectivity index (χ0) is 17.6. The van der Waals surface area contributed by atoms with E-state index >= 15 is 0 Å². The highest BCUT2D eigenvalue weighted by atomic mass is 16.6. The molecule has 1 heterocycles. The van der Waals surface area contributed by atoms with Gasteiger partial charge in [-0.3, -0.25) is 15.0 Å². The zero-order valence-corrected chi connectivity index (χ0v) is 13.9. The van der Waals surface area contributed by atoms with Gasteiger partial charge in [-0.25, -0.2) is 0 Å². The number of hydrogen-bond acceptors (Lipinski definition) is 5. The molecule has 1 aliphatic heterocycles.